The third kappa shape index (κ3) is 7.09. The summed E-state index contributed by atoms with van der Waals surface area (Å²) in [6.07, 6.45) is 3.55. The molecule has 2 rings (SSSR count). The maximum Gasteiger partial charge on any atom is 0.341 e. The van der Waals surface area contributed by atoms with Crippen molar-refractivity contribution in [3.63, 3.8) is 0 Å². The van der Waals surface area contributed by atoms with Crippen LogP contribution >= 0.6 is 23.2 Å². The molecule has 188 valence electrons. The van der Waals surface area contributed by atoms with Gasteiger partial charge in [0, 0.05) is 17.5 Å². The van der Waals surface area contributed by atoms with Gasteiger partial charge < -0.3 is 19.5 Å². The van der Waals surface area contributed by atoms with E-state index >= 15 is 0 Å². The molecule has 0 radical (unpaired) electrons. The van der Waals surface area contributed by atoms with Crippen molar-refractivity contribution in [2.75, 3.05) is 19.0 Å². The van der Waals surface area contributed by atoms with Crippen molar-refractivity contribution in [1.29, 1.82) is 0 Å². The number of hydrogen-bond acceptors (Lipinski definition) is 6. The van der Waals surface area contributed by atoms with Crippen LogP contribution in [0.3, 0.4) is 0 Å². The number of benzene rings is 1. The lowest BCUT2D eigenvalue weighted by Crippen LogP contribution is -2.29. The molecule has 1 aromatic rings. The Morgan fingerprint density at radius 3 is 2.56 bits per heavy atom. The lowest BCUT2D eigenvalue weighted by Gasteiger charge is -2.20. The molecule has 0 atom stereocenters. The fourth-order valence-electron chi connectivity index (χ4n) is 3.53. The number of methoxy groups -OCH3 is 1. The molecule has 1 aliphatic heterocycles. The number of anilines is 1. The first-order valence-electron chi connectivity index (χ1n) is 11.0. The second kappa shape index (κ2) is 11.9. The first kappa shape index (κ1) is 27.9. The Hall–Kier alpha value is -2.32. The maximum atomic E-state index is 13.8. The van der Waals surface area contributed by atoms with Crippen molar-refractivity contribution >= 4 is 46.7 Å². The van der Waals surface area contributed by atoms with E-state index in [1.54, 1.807) is 6.92 Å². The van der Waals surface area contributed by atoms with Gasteiger partial charge in [0.15, 0.2) is 0 Å². The molecule has 1 aliphatic rings. The summed E-state index contributed by atoms with van der Waals surface area (Å²) in [5.41, 5.74) is 2.65. The van der Waals surface area contributed by atoms with Gasteiger partial charge in [-0.2, -0.15) is 4.39 Å². The lowest BCUT2D eigenvalue weighted by atomic mass is 9.93. The van der Waals surface area contributed by atoms with Gasteiger partial charge >= 0.3 is 16.5 Å². The number of cyclic esters (lactones) is 1. The number of ether oxygens (including phenoxy) is 3. The quantitative estimate of drug-likeness (QED) is 0.234. The summed E-state index contributed by atoms with van der Waals surface area (Å²) in [5.74, 6) is -1.41. The molecule has 7 nitrogen and oxygen atoms in total. The van der Waals surface area contributed by atoms with Crippen LogP contribution in [0.25, 0.3) is 0 Å². The van der Waals surface area contributed by atoms with Crippen LogP contribution in [0.2, 0.25) is 0 Å². The Bertz CT molecular complexity index is 985. The highest BCUT2D eigenvalue weighted by Crippen LogP contribution is 2.42. The standard InChI is InChI=1S/C24H30Cl2FNO6/c1-13(2)10-11-33-18(29)9-7-14(3)6-8-16-20(28-23(31)24(25,26)27)19-17(12-34-22(19)30)15(4)21(16)32-5/h6,13H,7-12H2,1-5H3,(H,28,31). The van der Waals surface area contributed by atoms with E-state index in [1.165, 1.54) is 7.11 Å². The molecular weight excluding hydrogens is 488 g/mol. The molecule has 0 spiro atoms. The van der Waals surface area contributed by atoms with Gasteiger partial charge in [-0.3, -0.25) is 9.59 Å². The second-order valence-corrected chi connectivity index (χ2v) is 9.79. The summed E-state index contributed by atoms with van der Waals surface area (Å²) in [4.78, 5) is 36.6. The zero-order valence-corrected chi connectivity index (χ0v) is 21.5. The van der Waals surface area contributed by atoms with E-state index in [0.717, 1.165) is 12.0 Å². The van der Waals surface area contributed by atoms with Gasteiger partial charge in [-0.1, -0.05) is 48.7 Å². The number of esters is 2. The van der Waals surface area contributed by atoms with Gasteiger partial charge in [0.1, 0.15) is 12.4 Å². The normalized spacial score (nSPS) is 13.6. The molecule has 0 saturated heterocycles. The summed E-state index contributed by atoms with van der Waals surface area (Å²) in [5, 5.41) is 2.33. The van der Waals surface area contributed by atoms with Crippen LogP contribution in [-0.2, 0) is 32.1 Å². The Labute approximate surface area is 208 Å². The fraction of sp³-hybridized carbons (Fsp3) is 0.542. The zero-order valence-electron chi connectivity index (χ0n) is 20.0. The van der Waals surface area contributed by atoms with Gasteiger partial charge in [0.05, 0.1) is 25.0 Å². The number of allylic oxidation sites excluding steroid dienone is 2. The molecule has 0 fully saturated rings. The molecule has 1 heterocycles. The van der Waals surface area contributed by atoms with Crippen LogP contribution < -0.4 is 10.1 Å². The SMILES string of the molecule is COc1c(C)c2c(c(NC(=O)C(F)(Cl)Cl)c1CC=C(C)CCC(=O)OCCC(C)C)C(=O)OC2. The molecule has 0 unspecified atom stereocenters. The minimum Gasteiger partial charge on any atom is -0.496 e. The van der Waals surface area contributed by atoms with Crippen LogP contribution in [0.4, 0.5) is 10.1 Å². The summed E-state index contributed by atoms with van der Waals surface area (Å²) in [6, 6.07) is 0. The van der Waals surface area contributed by atoms with Crippen LogP contribution in [-0.4, -0.2) is 36.1 Å². The van der Waals surface area contributed by atoms with Crippen LogP contribution in [0, 0.1) is 12.8 Å². The second-order valence-electron chi connectivity index (χ2n) is 8.55. The molecule has 34 heavy (non-hydrogen) atoms. The number of carbonyl (C=O) groups is 3. The Morgan fingerprint density at radius 2 is 1.97 bits per heavy atom. The number of carbonyl (C=O) groups excluding carboxylic acids is 3. The molecule has 0 bridgehead atoms. The largest absolute Gasteiger partial charge is 0.496 e. The average Bonchev–Trinajstić information content (AvgIpc) is 3.13. The van der Waals surface area contributed by atoms with E-state index in [4.69, 9.17) is 37.4 Å². The fourth-order valence-corrected chi connectivity index (χ4v) is 3.63. The molecule has 0 aliphatic carbocycles. The van der Waals surface area contributed by atoms with Gasteiger partial charge in [-0.15, -0.1) is 0 Å². The molecule has 0 aromatic heterocycles. The Balaban J connectivity index is 2.30. The monoisotopic (exact) mass is 517 g/mol. The van der Waals surface area contributed by atoms with E-state index in [-0.39, 0.29) is 36.7 Å². The first-order chi connectivity index (χ1) is 15.9. The molecule has 1 N–H and O–H groups in total. The predicted octanol–water partition coefficient (Wildman–Crippen LogP) is 5.57. The lowest BCUT2D eigenvalue weighted by molar-refractivity contribution is -0.143. The van der Waals surface area contributed by atoms with Gasteiger partial charge in [-0.05, 0) is 44.6 Å². The third-order valence-corrected chi connectivity index (χ3v) is 5.85. The van der Waals surface area contributed by atoms with Crippen molar-refractivity contribution in [3.05, 3.63) is 33.9 Å². The minimum atomic E-state index is -3.20. The van der Waals surface area contributed by atoms with Gasteiger partial charge in [-0.25, -0.2) is 4.79 Å². The van der Waals surface area contributed by atoms with Crippen LogP contribution in [0.15, 0.2) is 11.6 Å². The predicted molar refractivity (Wildman–Crippen MR) is 128 cm³/mol. The Morgan fingerprint density at radius 1 is 1.29 bits per heavy atom. The van der Waals surface area contributed by atoms with Crippen molar-refractivity contribution in [2.45, 2.75) is 64.6 Å². The molecule has 10 heteroatoms. The third-order valence-electron chi connectivity index (χ3n) is 5.51. The van der Waals surface area contributed by atoms with Crippen LogP contribution in [0.5, 0.6) is 5.75 Å². The molecule has 1 amide bonds. The van der Waals surface area contributed by atoms with E-state index in [0.29, 0.717) is 41.4 Å². The number of amides is 1. The molecular formula is C24H30Cl2FNO6. The molecule has 1 aromatic carbocycles. The van der Waals surface area contributed by atoms with Crippen molar-refractivity contribution in [1.82, 2.24) is 0 Å². The summed E-state index contributed by atoms with van der Waals surface area (Å²) < 4.78 is 26.6. The number of nitrogens with one attached hydrogen (secondary N) is 1. The van der Waals surface area contributed by atoms with Gasteiger partial charge in [0.2, 0.25) is 0 Å². The number of hydrogen-bond donors (Lipinski definition) is 1. The zero-order chi connectivity index (χ0) is 25.6. The van der Waals surface area contributed by atoms with E-state index in [1.807, 2.05) is 13.0 Å². The smallest absolute Gasteiger partial charge is 0.341 e. The number of rotatable bonds is 11. The highest BCUT2D eigenvalue weighted by atomic mass is 35.5. The van der Waals surface area contributed by atoms with Crippen molar-refractivity contribution in [2.24, 2.45) is 5.92 Å². The number of fused-ring (bicyclic) bond motifs is 1. The first-order valence-corrected chi connectivity index (χ1v) is 11.7. The summed E-state index contributed by atoms with van der Waals surface area (Å²) in [6.45, 7) is 8.11. The number of halogens is 3. The summed E-state index contributed by atoms with van der Waals surface area (Å²) in [7, 11) is 1.45. The highest BCUT2D eigenvalue weighted by Gasteiger charge is 2.38. The molecule has 0 saturated carbocycles. The van der Waals surface area contributed by atoms with E-state index < -0.39 is 16.5 Å². The minimum absolute atomic E-state index is 0.00415. The highest BCUT2D eigenvalue weighted by molar-refractivity contribution is 6.57. The van der Waals surface area contributed by atoms with Crippen LogP contribution in [0.1, 0.15) is 67.1 Å². The maximum absolute atomic E-state index is 13.8. The topological polar surface area (TPSA) is 90.9 Å². The average molecular weight is 518 g/mol. The van der Waals surface area contributed by atoms with E-state index in [2.05, 4.69) is 19.2 Å². The number of alkyl halides is 3. The van der Waals surface area contributed by atoms with Crippen molar-refractivity contribution in [3.8, 4) is 5.75 Å². The Kier molecular flexibility index (Phi) is 9.76. The summed E-state index contributed by atoms with van der Waals surface area (Å²) >= 11 is 10.6. The van der Waals surface area contributed by atoms with Gasteiger partial charge in [0.25, 0.3) is 5.91 Å². The van der Waals surface area contributed by atoms with E-state index in [9.17, 15) is 18.8 Å². The van der Waals surface area contributed by atoms with Crippen molar-refractivity contribution < 1.29 is 33.0 Å².